The van der Waals surface area contributed by atoms with Gasteiger partial charge in [0.1, 0.15) is 12.6 Å². The van der Waals surface area contributed by atoms with Crippen molar-refractivity contribution in [1.29, 1.82) is 0 Å². The molecule has 1 aliphatic heterocycles. The van der Waals surface area contributed by atoms with E-state index in [1.165, 1.54) is 5.56 Å². The minimum Gasteiger partial charge on any atom is -0.490 e. The number of carbonyl (C=O) groups is 1. The van der Waals surface area contributed by atoms with Crippen molar-refractivity contribution in [1.82, 2.24) is 5.32 Å². The van der Waals surface area contributed by atoms with Crippen molar-refractivity contribution in [3.05, 3.63) is 59.2 Å². The highest BCUT2D eigenvalue weighted by atomic mass is 32.2. The molecule has 1 aliphatic rings. The number of aryl methyl sites for hydroxylation is 1. The third-order valence-electron chi connectivity index (χ3n) is 4.30. The summed E-state index contributed by atoms with van der Waals surface area (Å²) < 4.78 is 11.7. The first-order chi connectivity index (χ1) is 12.6. The predicted molar refractivity (Wildman–Crippen MR) is 103 cm³/mol. The third kappa shape index (κ3) is 4.31. The minimum absolute atomic E-state index is 0.0549. The van der Waals surface area contributed by atoms with E-state index in [0.29, 0.717) is 30.5 Å². The molecule has 26 heavy (non-hydrogen) atoms. The number of aliphatic carboxylic acids is 1. The summed E-state index contributed by atoms with van der Waals surface area (Å²) in [5, 5.41) is 12.2. The summed E-state index contributed by atoms with van der Waals surface area (Å²) in [6, 6.07) is 13.4. The highest BCUT2D eigenvalue weighted by Crippen LogP contribution is 2.38. The Hall–Kier alpha value is -2.18. The van der Waals surface area contributed by atoms with E-state index in [2.05, 4.69) is 24.4 Å². The molecule has 1 fully saturated rings. The van der Waals surface area contributed by atoms with Crippen LogP contribution in [0.2, 0.25) is 0 Å². The number of carboxylic acids is 1. The molecule has 0 bridgehead atoms. The number of nitrogens with one attached hydrogen (secondary N) is 1. The Morgan fingerprint density at radius 3 is 2.73 bits per heavy atom. The number of rotatable bonds is 7. The smallest absolute Gasteiger partial charge is 0.321 e. The van der Waals surface area contributed by atoms with Crippen LogP contribution in [0.15, 0.2) is 42.5 Å². The van der Waals surface area contributed by atoms with Gasteiger partial charge < -0.3 is 14.6 Å². The zero-order chi connectivity index (χ0) is 18.5. The number of ether oxygens (including phenoxy) is 2. The summed E-state index contributed by atoms with van der Waals surface area (Å²) in [4.78, 5) is 11.1. The van der Waals surface area contributed by atoms with E-state index in [1.54, 1.807) is 11.8 Å². The summed E-state index contributed by atoms with van der Waals surface area (Å²) >= 11 is 1.59. The van der Waals surface area contributed by atoms with Gasteiger partial charge in [0.25, 0.3) is 0 Å². The molecule has 3 rings (SSSR count). The number of hydrogen-bond donors (Lipinski definition) is 2. The Bertz CT molecular complexity index is 780. The molecule has 2 aromatic carbocycles. The monoisotopic (exact) mass is 373 g/mol. The van der Waals surface area contributed by atoms with Gasteiger partial charge in [-0.15, -0.1) is 11.8 Å². The third-order valence-corrected chi connectivity index (χ3v) is 5.56. The van der Waals surface area contributed by atoms with Crippen molar-refractivity contribution in [2.45, 2.75) is 31.9 Å². The van der Waals surface area contributed by atoms with Crippen LogP contribution in [0.4, 0.5) is 0 Å². The van der Waals surface area contributed by atoms with Crippen LogP contribution in [0.25, 0.3) is 0 Å². The highest BCUT2D eigenvalue weighted by molar-refractivity contribution is 7.99. The first kappa shape index (κ1) is 18.6. The number of thioether (sulfide) groups is 1. The lowest BCUT2D eigenvalue weighted by Gasteiger charge is -2.17. The van der Waals surface area contributed by atoms with Gasteiger partial charge in [0.05, 0.1) is 12.0 Å². The van der Waals surface area contributed by atoms with Crippen molar-refractivity contribution < 1.29 is 19.4 Å². The van der Waals surface area contributed by atoms with Crippen molar-refractivity contribution in [2.75, 3.05) is 12.4 Å². The van der Waals surface area contributed by atoms with Crippen LogP contribution < -0.4 is 14.8 Å². The Morgan fingerprint density at radius 1 is 1.23 bits per heavy atom. The van der Waals surface area contributed by atoms with Crippen LogP contribution in [0.5, 0.6) is 11.5 Å². The molecule has 6 heteroatoms. The van der Waals surface area contributed by atoms with Crippen LogP contribution in [0, 0.1) is 6.92 Å². The number of carboxylic acid groups (broad SMARTS) is 1. The van der Waals surface area contributed by atoms with Crippen LogP contribution in [0.1, 0.15) is 29.0 Å². The molecule has 0 amide bonds. The Labute approximate surface area is 157 Å². The molecule has 0 aromatic heterocycles. The summed E-state index contributed by atoms with van der Waals surface area (Å²) in [6.45, 7) is 5.00. The summed E-state index contributed by atoms with van der Waals surface area (Å²) in [5.74, 6) is 1.11. The van der Waals surface area contributed by atoms with Crippen molar-refractivity contribution in [3.8, 4) is 11.5 Å². The topological polar surface area (TPSA) is 67.8 Å². The van der Waals surface area contributed by atoms with Gasteiger partial charge in [-0.05, 0) is 42.7 Å². The maximum Gasteiger partial charge on any atom is 0.321 e. The van der Waals surface area contributed by atoms with Crippen LogP contribution in [-0.4, -0.2) is 29.5 Å². The molecular weight excluding hydrogens is 350 g/mol. The molecule has 0 saturated carbocycles. The van der Waals surface area contributed by atoms with Crippen molar-refractivity contribution in [3.63, 3.8) is 0 Å². The molecule has 2 aromatic rings. The van der Waals surface area contributed by atoms with E-state index in [0.717, 1.165) is 11.1 Å². The van der Waals surface area contributed by atoms with Gasteiger partial charge in [-0.1, -0.05) is 30.3 Å². The zero-order valence-electron chi connectivity index (χ0n) is 14.9. The van der Waals surface area contributed by atoms with Gasteiger partial charge in [0.2, 0.25) is 0 Å². The van der Waals surface area contributed by atoms with Crippen molar-refractivity contribution in [2.24, 2.45) is 0 Å². The van der Waals surface area contributed by atoms with Gasteiger partial charge in [0, 0.05) is 5.75 Å². The van der Waals surface area contributed by atoms with Gasteiger partial charge in [0.15, 0.2) is 11.5 Å². The molecule has 0 aliphatic carbocycles. The van der Waals surface area contributed by atoms with Crippen LogP contribution in [0.3, 0.4) is 0 Å². The van der Waals surface area contributed by atoms with E-state index in [-0.39, 0.29) is 5.37 Å². The fourth-order valence-corrected chi connectivity index (χ4v) is 4.03. The normalized spacial score (nSPS) is 19.3. The van der Waals surface area contributed by atoms with Crippen molar-refractivity contribution >= 4 is 17.7 Å². The molecule has 5 nitrogen and oxygen atoms in total. The highest BCUT2D eigenvalue weighted by Gasteiger charge is 2.30. The van der Waals surface area contributed by atoms with Gasteiger partial charge in [-0.25, -0.2) is 0 Å². The van der Waals surface area contributed by atoms with Gasteiger partial charge in [-0.2, -0.15) is 0 Å². The largest absolute Gasteiger partial charge is 0.490 e. The lowest BCUT2D eigenvalue weighted by molar-refractivity contribution is -0.138. The Kier molecular flexibility index (Phi) is 6.06. The lowest BCUT2D eigenvalue weighted by Crippen LogP contribution is -2.33. The standard InChI is InChI=1S/C20H23NO4S/c1-3-24-18-10-14(19-21-16(12-26-19)20(22)23)8-9-17(18)25-11-15-7-5-4-6-13(15)2/h4-10,16,19,21H,3,11-12H2,1-2H3,(H,22,23)/t16-,19+/m1/s1. The average Bonchev–Trinajstić information content (AvgIpc) is 3.12. The fraction of sp³-hybridized carbons (Fsp3) is 0.350. The van der Waals surface area contributed by atoms with Gasteiger partial charge in [-0.3, -0.25) is 10.1 Å². The van der Waals surface area contributed by atoms with Crippen LogP contribution in [-0.2, 0) is 11.4 Å². The van der Waals surface area contributed by atoms with E-state index in [9.17, 15) is 4.79 Å². The zero-order valence-corrected chi connectivity index (χ0v) is 15.7. The van der Waals surface area contributed by atoms with E-state index in [1.807, 2.05) is 37.3 Å². The first-order valence-electron chi connectivity index (χ1n) is 8.63. The predicted octanol–water partition coefficient (Wildman–Crippen LogP) is 3.76. The Balaban J connectivity index is 1.74. The quantitative estimate of drug-likeness (QED) is 0.770. The van der Waals surface area contributed by atoms with E-state index >= 15 is 0 Å². The molecule has 2 atom stereocenters. The molecule has 2 N–H and O–H groups in total. The molecular formula is C20H23NO4S. The van der Waals surface area contributed by atoms with E-state index < -0.39 is 12.0 Å². The first-order valence-corrected chi connectivity index (χ1v) is 9.68. The number of benzene rings is 2. The Morgan fingerprint density at radius 2 is 2.04 bits per heavy atom. The summed E-state index contributed by atoms with van der Waals surface area (Å²) in [6.07, 6.45) is 0. The molecule has 0 radical (unpaired) electrons. The second kappa shape index (κ2) is 8.47. The second-order valence-corrected chi connectivity index (χ2v) is 7.26. The van der Waals surface area contributed by atoms with E-state index in [4.69, 9.17) is 14.6 Å². The summed E-state index contributed by atoms with van der Waals surface area (Å²) in [5.41, 5.74) is 3.31. The van der Waals surface area contributed by atoms with Gasteiger partial charge >= 0.3 is 5.97 Å². The molecule has 0 spiro atoms. The SMILES string of the molecule is CCOc1cc([C@H]2N[C@@H](C(=O)O)CS2)ccc1OCc1ccccc1C. The lowest BCUT2D eigenvalue weighted by atomic mass is 10.1. The average molecular weight is 373 g/mol. The maximum atomic E-state index is 11.1. The molecule has 1 saturated heterocycles. The molecule has 1 heterocycles. The molecule has 138 valence electrons. The number of hydrogen-bond acceptors (Lipinski definition) is 5. The minimum atomic E-state index is -0.816. The fourth-order valence-electron chi connectivity index (χ4n) is 2.81. The summed E-state index contributed by atoms with van der Waals surface area (Å²) in [7, 11) is 0. The molecule has 0 unspecified atom stereocenters. The second-order valence-electron chi connectivity index (χ2n) is 6.13. The maximum absolute atomic E-state index is 11.1. The van der Waals surface area contributed by atoms with Crippen LogP contribution >= 0.6 is 11.8 Å².